The number of aromatic amines is 1. The molecule has 5 heteroatoms. The Balaban J connectivity index is 1.83. The number of carbonyl (C=O) groups excluding carboxylic acids is 1. The zero-order valence-corrected chi connectivity index (χ0v) is 9.76. The summed E-state index contributed by atoms with van der Waals surface area (Å²) in [7, 11) is 0. The summed E-state index contributed by atoms with van der Waals surface area (Å²) >= 11 is 0. The Hall–Kier alpha value is -2.14. The van der Waals surface area contributed by atoms with Crippen LogP contribution in [0.4, 0.5) is 0 Å². The highest BCUT2D eigenvalue weighted by atomic mass is 16.2. The molecule has 0 saturated carbocycles. The smallest absolute Gasteiger partial charge is 0.269 e. The summed E-state index contributed by atoms with van der Waals surface area (Å²) in [6, 6.07) is 9.46. The molecule has 1 aromatic carbocycles. The number of amides is 1. The number of fused-ring (bicyclic) bond motifs is 1. The lowest BCUT2D eigenvalue weighted by atomic mass is 10.1. The van der Waals surface area contributed by atoms with Gasteiger partial charge in [0.2, 0.25) is 0 Å². The van der Waals surface area contributed by atoms with Gasteiger partial charge in [0.05, 0.1) is 6.04 Å². The molecule has 1 aliphatic rings. The van der Waals surface area contributed by atoms with Crippen LogP contribution in [0.5, 0.6) is 0 Å². The molecule has 92 valence electrons. The minimum Gasteiger partial charge on any atom is -0.342 e. The normalized spacial score (nSPS) is 21.6. The van der Waals surface area contributed by atoms with Gasteiger partial charge in [-0.3, -0.25) is 9.89 Å². The molecule has 1 amide bonds. The number of hydrogen-bond acceptors (Lipinski definition) is 3. The highest BCUT2D eigenvalue weighted by Crippen LogP contribution is 2.30. The van der Waals surface area contributed by atoms with Crippen LogP contribution >= 0.6 is 0 Å². The monoisotopic (exact) mass is 242 g/mol. The molecule has 1 aromatic heterocycles. The number of carbonyl (C=O) groups is 1. The predicted octanol–water partition coefficient (Wildman–Crippen LogP) is 0.764. The van der Waals surface area contributed by atoms with Gasteiger partial charge in [-0.25, -0.2) is 0 Å². The van der Waals surface area contributed by atoms with E-state index in [2.05, 4.69) is 21.6 Å². The minimum atomic E-state index is -0.176. The molecule has 1 aliphatic carbocycles. The number of H-pyrrole nitrogens is 1. The number of rotatable bonds is 2. The van der Waals surface area contributed by atoms with Gasteiger partial charge in [0, 0.05) is 12.2 Å². The Bertz CT molecular complexity index is 564. The fourth-order valence-corrected chi connectivity index (χ4v) is 2.41. The van der Waals surface area contributed by atoms with Crippen LogP contribution in [0.15, 0.2) is 36.5 Å². The summed E-state index contributed by atoms with van der Waals surface area (Å²) < 4.78 is 0. The number of hydrogen-bond donors (Lipinski definition) is 3. The average Bonchev–Trinajstić information content (AvgIpc) is 2.98. The number of benzene rings is 1. The molecule has 18 heavy (non-hydrogen) atoms. The van der Waals surface area contributed by atoms with Crippen LogP contribution in [-0.2, 0) is 6.42 Å². The van der Waals surface area contributed by atoms with E-state index >= 15 is 0 Å². The molecule has 2 aromatic rings. The first kappa shape index (κ1) is 11.0. The van der Waals surface area contributed by atoms with Crippen LogP contribution in [0.1, 0.15) is 27.7 Å². The lowest BCUT2D eigenvalue weighted by Crippen LogP contribution is -2.38. The van der Waals surface area contributed by atoms with E-state index in [-0.39, 0.29) is 18.0 Å². The largest absolute Gasteiger partial charge is 0.342 e. The predicted molar refractivity (Wildman–Crippen MR) is 66.9 cm³/mol. The van der Waals surface area contributed by atoms with Crippen molar-refractivity contribution < 1.29 is 4.79 Å². The average molecular weight is 242 g/mol. The number of nitrogens with zero attached hydrogens (tertiary/aromatic N) is 1. The SMILES string of the molecule is NC1Cc2ccccc2C1NC(=O)c1ccn[nH]1. The van der Waals surface area contributed by atoms with Crippen molar-refractivity contribution in [2.24, 2.45) is 5.73 Å². The molecule has 5 nitrogen and oxygen atoms in total. The van der Waals surface area contributed by atoms with Gasteiger partial charge >= 0.3 is 0 Å². The van der Waals surface area contributed by atoms with E-state index in [1.54, 1.807) is 12.3 Å². The summed E-state index contributed by atoms with van der Waals surface area (Å²) in [5, 5.41) is 9.36. The van der Waals surface area contributed by atoms with Gasteiger partial charge in [0.25, 0.3) is 5.91 Å². The lowest BCUT2D eigenvalue weighted by Gasteiger charge is -2.18. The second-order valence-electron chi connectivity index (χ2n) is 4.49. The van der Waals surface area contributed by atoms with Crippen molar-refractivity contribution in [2.45, 2.75) is 18.5 Å². The molecule has 3 rings (SSSR count). The molecule has 0 bridgehead atoms. The second kappa shape index (κ2) is 4.27. The summed E-state index contributed by atoms with van der Waals surface area (Å²) in [4.78, 5) is 12.0. The van der Waals surface area contributed by atoms with Crippen LogP contribution in [0.3, 0.4) is 0 Å². The van der Waals surface area contributed by atoms with Gasteiger partial charge < -0.3 is 11.1 Å². The summed E-state index contributed by atoms with van der Waals surface area (Å²) in [6.07, 6.45) is 2.35. The maximum Gasteiger partial charge on any atom is 0.269 e. The second-order valence-corrected chi connectivity index (χ2v) is 4.49. The molecule has 4 N–H and O–H groups in total. The molecular weight excluding hydrogens is 228 g/mol. The van der Waals surface area contributed by atoms with Crippen LogP contribution in [0, 0.1) is 0 Å². The zero-order chi connectivity index (χ0) is 12.5. The third-order valence-corrected chi connectivity index (χ3v) is 3.31. The van der Waals surface area contributed by atoms with E-state index < -0.39 is 0 Å². The van der Waals surface area contributed by atoms with Gasteiger partial charge in [-0.1, -0.05) is 24.3 Å². The van der Waals surface area contributed by atoms with Crippen molar-refractivity contribution in [3.63, 3.8) is 0 Å². The van der Waals surface area contributed by atoms with Crippen molar-refractivity contribution in [2.75, 3.05) is 0 Å². The maximum atomic E-state index is 12.0. The topological polar surface area (TPSA) is 83.8 Å². The van der Waals surface area contributed by atoms with Gasteiger partial charge in [0.15, 0.2) is 0 Å². The molecule has 0 radical (unpaired) electrons. The molecule has 0 fully saturated rings. The highest BCUT2D eigenvalue weighted by molar-refractivity contribution is 5.92. The number of aromatic nitrogens is 2. The van der Waals surface area contributed by atoms with Crippen molar-refractivity contribution in [1.82, 2.24) is 15.5 Å². The Morgan fingerprint density at radius 2 is 2.22 bits per heavy atom. The van der Waals surface area contributed by atoms with Gasteiger partial charge in [-0.2, -0.15) is 5.10 Å². The first-order chi connectivity index (χ1) is 8.75. The molecule has 0 saturated heterocycles. The molecule has 0 aliphatic heterocycles. The van der Waals surface area contributed by atoms with E-state index in [0.29, 0.717) is 5.69 Å². The van der Waals surface area contributed by atoms with E-state index in [1.807, 2.05) is 18.2 Å². The Kier molecular flexibility index (Phi) is 2.60. The molecular formula is C13H14N4O. The highest BCUT2D eigenvalue weighted by Gasteiger charge is 2.30. The Morgan fingerprint density at radius 1 is 1.39 bits per heavy atom. The molecule has 1 heterocycles. The maximum absolute atomic E-state index is 12.0. The van der Waals surface area contributed by atoms with Crippen LogP contribution in [0.2, 0.25) is 0 Å². The van der Waals surface area contributed by atoms with Crippen molar-refractivity contribution in [3.05, 3.63) is 53.3 Å². The van der Waals surface area contributed by atoms with Gasteiger partial charge in [-0.15, -0.1) is 0 Å². The standard InChI is InChI=1S/C13H14N4O/c14-10-7-8-3-1-2-4-9(8)12(10)16-13(18)11-5-6-15-17-11/h1-6,10,12H,7,14H2,(H,15,17)(H,16,18). The van der Waals surface area contributed by atoms with Crippen LogP contribution in [-0.4, -0.2) is 22.1 Å². The lowest BCUT2D eigenvalue weighted by molar-refractivity contribution is 0.0928. The van der Waals surface area contributed by atoms with E-state index in [9.17, 15) is 4.79 Å². The molecule has 2 unspecified atom stereocenters. The van der Waals surface area contributed by atoms with E-state index in [4.69, 9.17) is 5.73 Å². The minimum absolute atomic E-state index is 0.0747. The van der Waals surface area contributed by atoms with Crippen molar-refractivity contribution >= 4 is 5.91 Å². The Labute approximate surface area is 104 Å². The van der Waals surface area contributed by atoms with Crippen molar-refractivity contribution in [1.29, 1.82) is 0 Å². The quantitative estimate of drug-likeness (QED) is 0.727. The number of nitrogens with two attached hydrogens (primary N) is 1. The first-order valence-corrected chi connectivity index (χ1v) is 5.89. The fourth-order valence-electron chi connectivity index (χ4n) is 2.41. The third-order valence-electron chi connectivity index (χ3n) is 3.31. The summed E-state index contributed by atoms with van der Waals surface area (Å²) in [5.74, 6) is -0.176. The summed E-state index contributed by atoms with van der Waals surface area (Å²) in [5.41, 5.74) is 8.86. The zero-order valence-electron chi connectivity index (χ0n) is 9.76. The van der Waals surface area contributed by atoms with Crippen molar-refractivity contribution in [3.8, 4) is 0 Å². The van der Waals surface area contributed by atoms with E-state index in [0.717, 1.165) is 12.0 Å². The van der Waals surface area contributed by atoms with E-state index in [1.165, 1.54) is 5.56 Å². The molecule has 2 atom stereocenters. The fraction of sp³-hybridized carbons (Fsp3) is 0.231. The molecule has 0 spiro atoms. The van der Waals surface area contributed by atoms with Crippen LogP contribution < -0.4 is 11.1 Å². The first-order valence-electron chi connectivity index (χ1n) is 5.89. The Morgan fingerprint density at radius 3 is 3.00 bits per heavy atom. The van der Waals surface area contributed by atoms with Crippen LogP contribution in [0.25, 0.3) is 0 Å². The number of nitrogens with one attached hydrogen (secondary N) is 2. The van der Waals surface area contributed by atoms with Gasteiger partial charge in [0.1, 0.15) is 5.69 Å². The summed E-state index contributed by atoms with van der Waals surface area (Å²) in [6.45, 7) is 0. The van der Waals surface area contributed by atoms with Gasteiger partial charge in [-0.05, 0) is 23.6 Å². The third kappa shape index (κ3) is 1.78.